The monoisotopic (exact) mass is 258 g/mol. The first-order valence-electron chi connectivity index (χ1n) is 6.32. The van der Waals surface area contributed by atoms with Crippen LogP contribution in [0.1, 0.15) is 13.3 Å². The van der Waals surface area contributed by atoms with E-state index in [4.69, 9.17) is 14.2 Å². The Morgan fingerprint density at radius 3 is 2.78 bits per heavy atom. The van der Waals surface area contributed by atoms with Crippen molar-refractivity contribution in [2.24, 2.45) is 0 Å². The van der Waals surface area contributed by atoms with Gasteiger partial charge in [0.15, 0.2) is 0 Å². The minimum atomic E-state index is -0.364. The third-order valence-electron chi connectivity index (χ3n) is 3.66. The van der Waals surface area contributed by atoms with Gasteiger partial charge in [-0.25, -0.2) is 0 Å². The number of methoxy groups -OCH3 is 1. The van der Waals surface area contributed by atoms with Crippen LogP contribution in [0.3, 0.4) is 0 Å². The van der Waals surface area contributed by atoms with Crippen molar-refractivity contribution in [1.29, 1.82) is 0 Å². The first-order chi connectivity index (χ1) is 8.58. The van der Waals surface area contributed by atoms with Crippen molar-refractivity contribution in [3.05, 3.63) is 0 Å². The number of amides is 1. The van der Waals surface area contributed by atoms with Gasteiger partial charge in [0.2, 0.25) is 5.91 Å². The van der Waals surface area contributed by atoms with E-state index < -0.39 is 0 Å². The fourth-order valence-corrected chi connectivity index (χ4v) is 2.09. The average Bonchev–Trinajstić information content (AvgIpc) is 2.81. The molecule has 0 saturated carbocycles. The maximum Gasteiger partial charge on any atom is 0.246 e. The Bertz CT molecular complexity index is 298. The lowest BCUT2D eigenvalue weighted by molar-refractivity contribution is -0.137. The minimum Gasteiger partial charge on any atom is -0.378 e. The number of hydrogen-bond acceptors (Lipinski definition) is 5. The van der Waals surface area contributed by atoms with E-state index in [0.29, 0.717) is 19.8 Å². The van der Waals surface area contributed by atoms with E-state index in [9.17, 15) is 4.79 Å². The van der Waals surface area contributed by atoms with Crippen LogP contribution in [-0.4, -0.2) is 63.7 Å². The van der Waals surface area contributed by atoms with Crippen LogP contribution in [0.4, 0.5) is 0 Å². The highest BCUT2D eigenvalue weighted by molar-refractivity contribution is 5.77. The van der Waals surface area contributed by atoms with Crippen LogP contribution in [-0.2, 0) is 19.0 Å². The van der Waals surface area contributed by atoms with E-state index >= 15 is 0 Å². The highest BCUT2D eigenvalue weighted by Gasteiger charge is 2.36. The zero-order valence-electron chi connectivity index (χ0n) is 11.1. The van der Waals surface area contributed by atoms with Crippen molar-refractivity contribution in [1.82, 2.24) is 10.6 Å². The molecule has 6 heteroatoms. The summed E-state index contributed by atoms with van der Waals surface area (Å²) >= 11 is 0. The number of ether oxygens (including phenoxy) is 3. The minimum absolute atomic E-state index is 0.0961. The largest absolute Gasteiger partial charge is 0.378 e. The second kappa shape index (κ2) is 5.52. The summed E-state index contributed by atoms with van der Waals surface area (Å²) in [4.78, 5) is 11.7. The first kappa shape index (κ1) is 13.7. The van der Waals surface area contributed by atoms with E-state index in [2.05, 4.69) is 10.6 Å². The molecule has 0 bridgehead atoms. The fourth-order valence-electron chi connectivity index (χ4n) is 2.09. The Morgan fingerprint density at radius 2 is 2.28 bits per heavy atom. The molecule has 0 aliphatic carbocycles. The third-order valence-corrected chi connectivity index (χ3v) is 3.66. The molecule has 0 aromatic rings. The molecule has 2 aliphatic heterocycles. The van der Waals surface area contributed by atoms with Gasteiger partial charge >= 0.3 is 0 Å². The van der Waals surface area contributed by atoms with E-state index in [-0.39, 0.29) is 23.7 Å². The van der Waals surface area contributed by atoms with Gasteiger partial charge in [-0.15, -0.1) is 0 Å². The second-order valence-corrected chi connectivity index (χ2v) is 5.31. The van der Waals surface area contributed by atoms with Gasteiger partial charge in [-0.1, -0.05) is 0 Å². The summed E-state index contributed by atoms with van der Waals surface area (Å²) in [6, 6.07) is 0. The van der Waals surface area contributed by atoms with Crippen LogP contribution >= 0.6 is 0 Å². The molecule has 2 heterocycles. The summed E-state index contributed by atoms with van der Waals surface area (Å²) in [6.07, 6.45) is 0.812. The van der Waals surface area contributed by atoms with Crippen LogP contribution < -0.4 is 10.6 Å². The summed E-state index contributed by atoms with van der Waals surface area (Å²) in [6.45, 7) is 5.39. The summed E-state index contributed by atoms with van der Waals surface area (Å²) in [5.74, 6) is -0.105. The quantitative estimate of drug-likeness (QED) is 0.658. The van der Waals surface area contributed by atoms with Gasteiger partial charge < -0.3 is 24.8 Å². The number of hydrogen-bond donors (Lipinski definition) is 2. The molecule has 6 nitrogen and oxygen atoms in total. The lowest BCUT2D eigenvalue weighted by atomic mass is 10.0. The van der Waals surface area contributed by atoms with Crippen molar-refractivity contribution in [3.63, 3.8) is 0 Å². The van der Waals surface area contributed by atoms with E-state index in [1.54, 1.807) is 7.11 Å². The normalized spacial score (nSPS) is 29.9. The molecule has 2 N–H and O–H groups in total. The lowest BCUT2D eigenvalue weighted by Crippen LogP contribution is -2.59. The van der Waals surface area contributed by atoms with Crippen LogP contribution in [0, 0.1) is 0 Å². The van der Waals surface area contributed by atoms with Gasteiger partial charge in [0.1, 0.15) is 12.2 Å². The molecule has 2 fully saturated rings. The maximum absolute atomic E-state index is 11.7. The molecule has 1 atom stereocenters. The SMILES string of the molecule is COC1(CNC(=O)COC2(C)CNC2)CCOC1. The summed E-state index contributed by atoms with van der Waals surface area (Å²) in [7, 11) is 1.65. The Morgan fingerprint density at radius 1 is 1.50 bits per heavy atom. The fraction of sp³-hybridized carbons (Fsp3) is 0.917. The highest BCUT2D eigenvalue weighted by Crippen LogP contribution is 2.21. The molecular weight excluding hydrogens is 236 g/mol. The van der Waals surface area contributed by atoms with Crippen molar-refractivity contribution < 1.29 is 19.0 Å². The third kappa shape index (κ3) is 3.20. The molecule has 2 saturated heterocycles. The maximum atomic E-state index is 11.7. The number of rotatable bonds is 6. The van der Waals surface area contributed by atoms with Crippen LogP contribution in [0.15, 0.2) is 0 Å². The van der Waals surface area contributed by atoms with Gasteiger partial charge in [-0.2, -0.15) is 0 Å². The molecule has 2 aliphatic rings. The Hall–Kier alpha value is -0.690. The van der Waals surface area contributed by atoms with E-state index in [1.165, 1.54) is 0 Å². The predicted octanol–water partition coefficient (Wildman–Crippen LogP) is -0.713. The molecule has 0 aromatic heterocycles. The molecule has 1 amide bonds. The van der Waals surface area contributed by atoms with Gasteiger partial charge in [0, 0.05) is 39.8 Å². The Labute approximate surface area is 107 Å². The van der Waals surface area contributed by atoms with Gasteiger partial charge in [-0.3, -0.25) is 4.79 Å². The molecule has 0 radical (unpaired) electrons. The predicted molar refractivity (Wildman–Crippen MR) is 65.4 cm³/mol. The van der Waals surface area contributed by atoms with Crippen molar-refractivity contribution in [2.75, 3.05) is 46.6 Å². The van der Waals surface area contributed by atoms with Crippen molar-refractivity contribution in [3.8, 4) is 0 Å². The molecule has 18 heavy (non-hydrogen) atoms. The summed E-state index contributed by atoms with van der Waals surface area (Å²) < 4.78 is 16.3. The smallest absolute Gasteiger partial charge is 0.246 e. The zero-order valence-corrected chi connectivity index (χ0v) is 11.1. The number of nitrogens with one attached hydrogen (secondary N) is 2. The van der Waals surface area contributed by atoms with Gasteiger partial charge in [-0.05, 0) is 6.92 Å². The Balaban J connectivity index is 1.67. The zero-order chi connectivity index (χ0) is 13.1. The molecular formula is C12H22N2O4. The molecule has 104 valence electrons. The van der Waals surface area contributed by atoms with Crippen LogP contribution in [0.5, 0.6) is 0 Å². The second-order valence-electron chi connectivity index (χ2n) is 5.31. The lowest BCUT2D eigenvalue weighted by Gasteiger charge is -2.38. The average molecular weight is 258 g/mol. The Kier molecular flexibility index (Phi) is 4.21. The summed E-state index contributed by atoms with van der Waals surface area (Å²) in [5, 5.41) is 5.97. The number of carbonyl (C=O) groups excluding carboxylic acids is 1. The highest BCUT2D eigenvalue weighted by atomic mass is 16.5. The molecule has 0 spiro atoms. The van der Waals surface area contributed by atoms with Crippen LogP contribution in [0.25, 0.3) is 0 Å². The molecule has 2 rings (SSSR count). The molecule has 0 aromatic carbocycles. The van der Waals surface area contributed by atoms with E-state index in [1.807, 2.05) is 6.92 Å². The van der Waals surface area contributed by atoms with Crippen molar-refractivity contribution in [2.45, 2.75) is 24.5 Å². The first-order valence-corrected chi connectivity index (χ1v) is 6.32. The molecule has 1 unspecified atom stereocenters. The van der Waals surface area contributed by atoms with Crippen molar-refractivity contribution >= 4 is 5.91 Å². The topological polar surface area (TPSA) is 68.8 Å². The number of carbonyl (C=O) groups is 1. The van der Waals surface area contributed by atoms with E-state index in [0.717, 1.165) is 19.5 Å². The van der Waals surface area contributed by atoms with Gasteiger partial charge in [0.05, 0.1) is 12.2 Å². The van der Waals surface area contributed by atoms with Crippen LogP contribution in [0.2, 0.25) is 0 Å². The van der Waals surface area contributed by atoms with Gasteiger partial charge in [0.25, 0.3) is 0 Å². The summed E-state index contributed by atoms with van der Waals surface area (Å²) in [5.41, 5.74) is -0.551. The standard InChI is InChI=1S/C12H22N2O4/c1-11(6-13-7-11)18-5-10(15)14-8-12(16-2)3-4-17-9-12/h13H,3-9H2,1-2H3,(H,14,15).